The third-order valence-corrected chi connectivity index (χ3v) is 10.4. The van der Waals surface area contributed by atoms with Crippen LogP contribution in [0.15, 0.2) is 59.6 Å². The number of hydrogen-bond donors (Lipinski definition) is 2. The van der Waals surface area contributed by atoms with Crippen molar-refractivity contribution in [3.8, 4) is 21.7 Å². The lowest BCUT2D eigenvalue weighted by atomic mass is 9.98. The van der Waals surface area contributed by atoms with Crippen molar-refractivity contribution in [1.82, 2.24) is 20.2 Å². The number of aromatic nitrogens is 2. The number of likely N-dealkylation sites (tertiary alicyclic amines) is 1. The van der Waals surface area contributed by atoms with Crippen molar-refractivity contribution in [2.75, 3.05) is 38.3 Å². The minimum Gasteiger partial charge on any atom is -0.465 e. The standard InChI is InChI=1S/C30H30F3N5O5S2/c1-37-12-9-18(10-13-37)29-36-27(28(44-29)19-8-11-34-21(14-19)16-35-30(39)40)22-4-3-5-24(26(22)33)38(17-43-2)45(41,42)25-15-20(31)6-7-23(25)32/h3-8,11,14-15,18,35H,9-10,12-13,16-17H2,1-2H3,(H,39,40). The van der Waals surface area contributed by atoms with Crippen LogP contribution in [0.3, 0.4) is 0 Å². The van der Waals surface area contributed by atoms with Crippen LogP contribution in [0, 0.1) is 17.5 Å². The van der Waals surface area contributed by atoms with E-state index in [0.717, 1.165) is 37.0 Å². The summed E-state index contributed by atoms with van der Waals surface area (Å²) >= 11 is 1.38. The average Bonchev–Trinajstić information content (AvgIpc) is 3.46. The molecule has 0 spiro atoms. The molecule has 1 saturated heterocycles. The fourth-order valence-electron chi connectivity index (χ4n) is 5.10. The van der Waals surface area contributed by atoms with E-state index in [0.29, 0.717) is 32.6 Å². The lowest BCUT2D eigenvalue weighted by Crippen LogP contribution is -2.34. The summed E-state index contributed by atoms with van der Waals surface area (Å²) in [6.45, 7) is 0.982. The summed E-state index contributed by atoms with van der Waals surface area (Å²) in [5, 5.41) is 12.1. The van der Waals surface area contributed by atoms with Gasteiger partial charge in [-0.1, -0.05) is 6.07 Å². The molecule has 1 aliphatic rings. The molecule has 0 saturated carbocycles. The molecule has 1 aliphatic heterocycles. The summed E-state index contributed by atoms with van der Waals surface area (Å²) in [5.41, 5.74) is 0.837. The van der Waals surface area contributed by atoms with E-state index in [-0.39, 0.29) is 23.7 Å². The lowest BCUT2D eigenvalue weighted by molar-refractivity contribution is 0.194. The number of amides is 1. The minimum atomic E-state index is -4.82. The van der Waals surface area contributed by atoms with Gasteiger partial charge in [0.1, 0.15) is 23.3 Å². The van der Waals surface area contributed by atoms with Crippen molar-refractivity contribution in [1.29, 1.82) is 0 Å². The molecule has 2 aromatic heterocycles. The third kappa shape index (κ3) is 6.96. The van der Waals surface area contributed by atoms with Crippen molar-refractivity contribution in [3.05, 3.63) is 82.9 Å². The van der Waals surface area contributed by atoms with E-state index in [1.807, 2.05) is 7.05 Å². The SMILES string of the molecule is COCN(c1cccc(-c2nc(C3CCN(C)CC3)sc2-c2ccnc(CNC(=O)O)c2)c1F)S(=O)(=O)c1cc(F)ccc1F. The second kappa shape index (κ2) is 13.5. The first kappa shape index (κ1) is 32.3. The summed E-state index contributed by atoms with van der Waals surface area (Å²) in [6.07, 6.45) is 1.99. The number of piperidine rings is 1. The number of carbonyl (C=O) groups is 1. The van der Waals surface area contributed by atoms with Gasteiger partial charge in [0.25, 0.3) is 10.0 Å². The van der Waals surface area contributed by atoms with Gasteiger partial charge in [-0.2, -0.15) is 0 Å². The number of methoxy groups -OCH3 is 1. The Bertz CT molecular complexity index is 1810. The molecular formula is C30H30F3N5O5S2. The Hall–Kier alpha value is -4.05. The Labute approximate surface area is 262 Å². The highest BCUT2D eigenvalue weighted by Gasteiger charge is 2.32. The van der Waals surface area contributed by atoms with Crippen LogP contribution in [-0.4, -0.2) is 68.5 Å². The highest BCUT2D eigenvalue weighted by atomic mass is 32.2. The molecule has 0 aliphatic carbocycles. The van der Waals surface area contributed by atoms with Crippen LogP contribution in [-0.2, 0) is 21.3 Å². The number of halogens is 3. The molecule has 0 unspecified atom stereocenters. The number of rotatable bonds is 10. The molecule has 2 N–H and O–H groups in total. The van der Waals surface area contributed by atoms with Crippen molar-refractivity contribution >= 4 is 33.1 Å². The monoisotopic (exact) mass is 661 g/mol. The van der Waals surface area contributed by atoms with Gasteiger partial charge in [-0.05, 0) is 81.0 Å². The number of pyridine rings is 1. The van der Waals surface area contributed by atoms with Gasteiger partial charge in [0.15, 0.2) is 5.82 Å². The van der Waals surface area contributed by atoms with Crippen molar-refractivity contribution < 1.29 is 36.2 Å². The van der Waals surface area contributed by atoms with Crippen LogP contribution in [0.5, 0.6) is 0 Å². The van der Waals surface area contributed by atoms with E-state index in [1.54, 1.807) is 12.1 Å². The fraction of sp³-hybridized carbons (Fsp3) is 0.300. The molecule has 2 aromatic carbocycles. The van der Waals surface area contributed by atoms with Crippen LogP contribution >= 0.6 is 11.3 Å². The van der Waals surface area contributed by atoms with Crippen LogP contribution in [0.2, 0.25) is 0 Å². The number of nitrogens with one attached hydrogen (secondary N) is 1. The molecule has 1 fully saturated rings. The minimum absolute atomic E-state index is 0.0176. The molecule has 238 valence electrons. The molecule has 1 amide bonds. The smallest absolute Gasteiger partial charge is 0.404 e. The molecule has 4 aromatic rings. The largest absolute Gasteiger partial charge is 0.465 e. The maximum absolute atomic E-state index is 16.6. The Kier molecular flexibility index (Phi) is 9.72. The zero-order chi connectivity index (χ0) is 32.3. The van der Waals surface area contributed by atoms with Crippen LogP contribution in [0.25, 0.3) is 21.7 Å². The fourth-order valence-corrected chi connectivity index (χ4v) is 7.80. The molecule has 3 heterocycles. The summed E-state index contributed by atoms with van der Waals surface area (Å²) in [7, 11) is -1.59. The molecule has 10 nitrogen and oxygen atoms in total. The highest BCUT2D eigenvalue weighted by Crippen LogP contribution is 2.44. The Morgan fingerprint density at radius 1 is 1.16 bits per heavy atom. The highest BCUT2D eigenvalue weighted by molar-refractivity contribution is 7.92. The van der Waals surface area contributed by atoms with Crippen LogP contribution in [0.4, 0.5) is 23.7 Å². The van der Waals surface area contributed by atoms with Gasteiger partial charge in [-0.15, -0.1) is 11.3 Å². The predicted octanol–water partition coefficient (Wildman–Crippen LogP) is 5.67. The van der Waals surface area contributed by atoms with Gasteiger partial charge in [0.2, 0.25) is 0 Å². The lowest BCUT2D eigenvalue weighted by Gasteiger charge is -2.27. The molecule has 5 rings (SSSR count). The van der Waals surface area contributed by atoms with Gasteiger partial charge in [0.05, 0.1) is 33.5 Å². The number of sulfonamides is 1. The number of carboxylic acid groups (broad SMARTS) is 1. The zero-order valence-corrected chi connectivity index (χ0v) is 26.0. The topological polar surface area (TPSA) is 125 Å². The number of hydrogen-bond acceptors (Lipinski definition) is 8. The van der Waals surface area contributed by atoms with Crippen LogP contribution in [0.1, 0.15) is 29.5 Å². The van der Waals surface area contributed by atoms with Crippen LogP contribution < -0.4 is 9.62 Å². The first-order valence-corrected chi connectivity index (χ1v) is 16.1. The second-order valence-electron chi connectivity index (χ2n) is 10.5. The quantitative estimate of drug-likeness (QED) is 0.209. The Morgan fingerprint density at radius 2 is 1.91 bits per heavy atom. The number of ether oxygens (including phenoxy) is 1. The summed E-state index contributed by atoms with van der Waals surface area (Å²) in [6, 6.07) is 9.49. The number of benzene rings is 2. The van der Waals surface area contributed by atoms with E-state index >= 15 is 4.39 Å². The van der Waals surface area contributed by atoms with Crippen molar-refractivity contribution in [2.24, 2.45) is 0 Å². The number of nitrogens with zero attached hydrogens (tertiary/aromatic N) is 4. The van der Waals surface area contributed by atoms with E-state index in [4.69, 9.17) is 14.8 Å². The van der Waals surface area contributed by atoms with Crippen molar-refractivity contribution in [2.45, 2.75) is 30.2 Å². The van der Waals surface area contributed by atoms with E-state index in [1.165, 1.54) is 42.8 Å². The van der Waals surface area contributed by atoms with Gasteiger partial charge in [0, 0.05) is 24.8 Å². The second-order valence-corrected chi connectivity index (χ2v) is 13.3. The molecule has 0 atom stereocenters. The van der Waals surface area contributed by atoms with Gasteiger partial charge in [-0.25, -0.2) is 35.7 Å². The third-order valence-electron chi connectivity index (χ3n) is 7.42. The average molecular weight is 662 g/mol. The van der Waals surface area contributed by atoms with E-state index in [9.17, 15) is 22.0 Å². The summed E-state index contributed by atoms with van der Waals surface area (Å²) in [5.74, 6) is -3.03. The molecule has 0 radical (unpaired) electrons. The molecule has 0 bridgehead atoms. The predicted molar refractivity (Wildman–Crippen MR) is 163 cm³/mol. The number of thiazole rings is 1. The van der Waals surface area contributed by atoms with Gasteiger partial charge in [-0.3, -0.25) is 4.98 Å². The Balaban J connectivity index is 1.64. The first-order chi connectivity index (χ1) is 21.5. The molecular weight excluding hydrogens is 631 g/mol. The zero-order valence-electron chi connectivity index (χ0n) is 24.3. The maximum Gasteiger partial charge on any atom is 0.404 e. The Morgan fingerprint density at radius 3 is 2.62 bits per heavy atom. The first-order valence-electron chi connectivity index (χ1n) is 13.9. The normalized spacial score (nSPS) is 14.4. The number of anilines is 1. The van der Waals surface area contributed by atoms with E-state index < -0.39 is 50.9 Å². The summed E-state index contributed by atoms with van der Waals surface area (Å²) in [4.78, 5) is 22.0. The molecule has 15 heteroatoms. The molecule has 45 heavy (non-hydrogen) atoms. The van der Waals surface area contributed by atoms with E-state index in [2.05, 4.69) is 15.2 Å². The maximum atomic E-state index is 16.6. The van der Waals surface area contributed by atoms with Crippen molar-refractivity contribution in [3.63, 3.8) is 0 Å². The van der Waals surface area contributed by atoms with Gasteiger partial charge >= 0.3 is 6.09 Å². The van der Waals surface area contributed by atoms with Gasteiger partial charge < -0.3 is 20.1 Å². The summed E-state index contributed by atoms with van der Waals surface area (Å²) < 4.78 is 78.0.